The van der Waals surface area contributed by atoms with Crippen molar-refractivity contribution in [2.75, 3.05) is 0 Å². The normalized spacial score (nSPS) is 11.1. The van der Waals surface area contributed by atoms with Gasteiger partial charge in [0, 0.05) is 17.9 Å². The minimum absolute atomic E-state index is 0.276. The van der Waals surface area contributed by atoms with E-state index in [1.54, 1.807) is 6.07 Å². The van der Waals surface area contributed by atoms with E-state index in [-0.39, 0.29) is 12.4 Å². The molecule has 0 spiro atoms. The standard InChI is InChI=1S/C14H17BrFN3O/c1-10(2)7-19-14(17-9-18-19)8-20-13-4-11(6-15)3-12(16)5-13/h3-5,9-10H,6-8H2,1-2H3. The number of hydrogen-bond donors (Lipinski definition) is 0. The molecule has 0 N–H and O–H groups in total. The summed E-state index contributed by atoms with van der Waals surface area (Å²) in [6.45, 7) is 5.29. The Morgan fingerprint density at radius 2 is 2.15 bits per heavy atom. The summed E-state index contributed by atoms with van der Waals surface area (Å²) in [5, 5.41) is 4.75. The summed E-state index contributed by atoms with van der Waals surface area (Å²) in [5.41, 5.74) is 0.837. The highest BCUT2D eigenvalue weighted by Gasteiger charge is 2.08. The highest BCUT2D eigenvalue weighted by atomic mass is 79.9. The molecular formula is C14H17BrFN3O. The van der Waals surface area contributed by atoms with E-state index >= 15 is 0 Å². The van der Waals surface area contributed by atoms with Gasteiger partial charge in [-0.25, -0.2) is 14.1 Å². The summed E-state index contributed by atoms with van der Waals surface area (Å²) in [4.78, 5) is 4.17. The Kier molecular flexibility index (Phi) is 5.11. The largest absolute Gasteiger partial charge is 0.486 e. The van der Waals surface area contributed by atoms with Gasteiger partial charge >= 0.3 is 0 Å². The second-order valence-corrected chi connectivity index (χ2v) is 5.53. The molecule has 0 saturated heterocycles. The monoisotopic (exact) mass is 341 g/mol. The van der Waals surface area contributed by atoms with Gasteiger partial charge in [0.15, 0.2) is 5.82 Å². The van der Waals surface area contributed by atoms with Gasteiger partial charge in [0.1, 0.15) is 24.5 Å². The van der Waals surface area contributed by atoms with Crippen molar-refractivity contribution in [1.82, 2.24) is 14.8 Å². The van der Waals surface area contributed by atoms with Crippen molar-refractivity contribution in [2.24, 2.45) is 5.92 Å². The average Bonchev–Trinajstić information content (AvgIpc) is 2.82. The molecule has 1 aromatic heterocycles. The van der Waals surface area contributed by atoms with Crippen LogP contribution in [0.1, 0.15) is 25.2 Å². The molecule has 20 heavy (non-hydrogen) atoms. The van der Waals surface area contributed by atoms with Crippen LogP contribution < -0.4 is 4.74 Å². The molecule has 2 aromatic rings. The maximum atomic E-state index is 13.4. The zero-order valence-electron chi connectivity index (χ0n) is 11.5. The number of benzene rings is 1. The number of hydrogen-bond acceptors (Lipinski definition) is 3. The van der Waals surface area contributed by atoms with Crippen LogP contribution in [-0.2, 0) is 18.5 Å². The third kappa shape index (κ3) is 4.03. The summed E-state index contributed by atoms with van der Waals surface area (Å²) < 4.78 is 20.8. The van der Waals surface area contributed by atoms with Crippen molar-refractivity contribution in [3.8, 4) is 5.75 Å². The van der Waals surface area contributed by atoms with Crippen LogP contribution >= 0.6 is 15.9 Å². The molecule has 0 fully saturated rings. The lowest BCUT2D eigenvalue weighted by atomic mass is 10.2. The van der Waals surface area contributed by atoms with Gasteiger partial charge in [-0.1, -0.05) is 29.8 Å². The summed E-state index contributed by atoms with van der Waals surface area (Å²) in [7, 11) is 0. The third-order valence-corrected chi connectivity index (χ3v) is 3.33. The van der Waals surface area contributed by atoms with Crippen LogP contribution in [0, 0.1) is 11.7 Å². The summed E-state index contributed by atoms with van der Waals surface area (Å²) in [6, 6.07) is 4.65. The first-order valence-electron chi connectivity index (χ1n) is 6.43. The molecule has 0 aliphatic heterocycles. The van der Waals surface area contributed by atoms with Crippen LogP contribution in [0.25, 0.3) is 0 Å². The fourth-order valence-corrected chi connectivity index (χ4v) is 2.15. The lowest BCUT2D eigenvalue weighted by Gasteiger charge is -2.10. The quantitative estimate of drug-likeness (QED) is 0.754. The van der Waals surface area contributed by atoms with Gasteiger partial charge in [0.25, 0.3) is 0 Å². The summed E-state index contributed by atoms with van der Waals surface area (Å²) in [6.07, 6.45) is 1.51. The molecule has 2 rings (SSSR count). The predicted octanol–water partition coefficient (Wildman–Crippen LogP) is 3.55. The number of halogens is 2. The minimum atomic E-state index is -0.305. The molecule has 6 heteroatoms. The Morgan fingerprint density at radius 3 is 2.85 bits per heavy atom. The van der Waals surface area contributed by atoms with Crippen molar-refractivity contribution in [3.63, 3.8) is 0 Å². The van der Waals surface area contributed by atoms with Crippen molar-refractivity contribution < 1.29 is 9.13 Å². The zero-order chi connectivity index (χ0) is 14.5. The van der Waals surface area contributed by atoms with Crippen molar-refractivity contribution in [1.29, 1.82) is 0 Å². The Bertz CT molecular complexity index is 571. The van der Waals surface area contributed by atoms with E-state index in [4.69, 9.17) is 4.74 Å². The molecule has 1 aromatic carbocycles. The second kappa shape index (κ2) is 6.83. The zero-order valence-corrected chi connectivity index (χ0v) is 13.1. The van der Waals surface area contributed by atoms with E-state index in [2.05, 4.69) is 39.9 Å². The van der Waals surface area contributed by atoms with Gasteiger partial charge in [0.2, 0.25) is 0 Å². The Morgan fingerprint density at radius 1 is 1.35 bits per heavy atom. The van der Waals surface area contributed by atoms with Gasteiger partial charge in [-0.3, -0.25) is 0 Å². The van der Waals surface area contributed by atoms with Gasteiger partial charge in [-0.15, -0.1) is 0 Å². The molecule has 0 aliphatic carbocycles. The smallest absolute Gasteiger partial charge is 0.164 e. The molecule has 0 aliphatic rings. The SMILES string of the molecule is CC(C)Cn1ncnc1COc1cc(F)cc(CBr)c1. The van der Waals surface area contributed by atoms with E-state index < -0.39 is 0 Å². The maximum absolute atomic E-state index is 13.4. The fraction of sp³-hybridized carbons (Fsp3) is 0.429. The molecule has 0 radical (unpaired) electrons. The van der Waals surface area contributed by atoms with Crippen LogP contribution in [0.5, 0.6) is 5.75 Å². The first-order chi connectivity index (χ1) is 9.58. The minimum Gasteiger partial charge on any atom is -0.486 e. The van der Waals surface area contributed by atoms with Crippen molar-refractivity contribution in [3.05, 3.63) is 41.7 Å². The van der Waals surface area contributed by atoms with Crippen LogP contribution in [0.3, 0.4) is 0 Å². The lowest BCUT2D eigenvalue weighted by Crippen LogP contribution is -2.12. The Labute approximate surface area is 126 Å². The average molecular weight is 342 g/mol. The van der Waals surface area contributed by atoms with Gasteiger partial charge in [-0.2, -0.15) is 5.10 Å². The molecule has 1 heterocycles. The number of ether oxygens (including phenoxy) is 1. The summed E-state index contributed by atoms with van der Waals surface area (Å²) >= 11 is 3.31. The molecule has 0 atom stereocenters. The molecule has 0 amide bonds. The van der Waals surface area contributed by atoms with E-state index in [9.17, 15) is 4.39 Å². The molecular weight excluding hydrogens is 325 g/mol. The molecule has 0 unspecified atom stereocenters. The highest BCUT2D eigenvalue weighted by Crippen LogP contribution is 2.19. The van der Waals surface area contributed by atoms with Gasteiger partial charge in [0.05, 0.1) is 0 Å². The van der Waals surface area contributed by atoms with E-state index in [0.717, 1.165) is 17.9 Å². The molecule has 0 bridgehead atoms. The van der Waals surface area contributed by atoms with E-state index in [0.29, 0.717) is 17.0 Å². The number of alkyl halides is 1. The second-order valence-electron chi connectivity index (χ2n) is 4.97. The Hall–Kier alpha value is -1.43. The predicted molar refractivity (Wildman–Crippen MR) is 78.2 cm³/mol. The topological polar surface area (TPSA) is 39.9 Å². The fourth-order valence-electron chi connectivity index (χ4n) is 1.83. The van der Waals surface area contributed by atoms with Gasteiger partial charge in [-0.05, 0) is 23.6 Å². The van der Waals surface area contributed by atoms with Crippen molar-refractivity contribution in [2.45, 2.75) is 32.3 Å². The third-order valence-electron chi connectivity index (χ3n) is 2.69. The Balaban J connectivity index is 2.05. The molecule has 4 nitrogen and oxygen atoms in total. The van der Waals surface area contributed by atoms with Crippen LogP contribution in [0.2, 0.25) is 0 Å². The number of rotatable bonds is 6. The number of nitrogens with zero attached hydrogens (tertiary/aromatic N) is 3. The first-order valence-corrected chi connectivity index (χ1v) is 7.55. The van der Waals surface area contributed by atoms with Gasteiger partial charge < -0.3 is 4.74 Å². The van der Waals surface area contributed by atoms with Crippen LogP contribution in [-0.4, -0.2) is 14.8 Å². The molecule has 0 saturated carbocycles. The highest BCUT2D eigenvalue weighted by molar-refractivity contribution is 9.08. The van der Waals surface area contributed by atoms with Crippen LogP contribution in [0.15, 0.2) is 24.5 Å². The summed E-state index contributed by atoms with van der Waals surface area (Å²) in [5.74, 6) is 1.41. The molecule has 108 valence electrons. The maximum Gasteiger partial charge on any atom is 0.164 e. The number of aromatic nitrogens is 3. The first kappa shape index (κ1) is 15.0. The lowest BCUT2D eigenvalue weighted by molar-refractivity contribution is 0.281. The van der Waals surface area contributed by atoms with Crippen molar-refractivity contribution >= 4 is 15.9 Å². The van der Waals surface area contributed by atoms with E-state index in [1.807, 2.05) is 4.68 Å². The van der Waals surface area contributed by atoms with Crippen LogP contribution in [0.4, 0.5) is 4.39 Å². The van der Waals surface area contributed by atoms with E-state index in [1.165, 1.54) is 18.5 Å².